The Balaban J connectivity index is 1.85. The van der Waals surface area contributed by atoms with Crippen molar-refractivity contribution in [2.24, 2.45) is 0 Å². The molecule has 0 unspecified atom stereocenters. The van der Waals surface area contributed by atoms with Crippen LogP contribution in [0.1, 0.15) is 25.0 Å². The predicted molar refractivity (Wildman–Crippen MR) is 90.8 cm³/mol. The van der Waals surface area contributed by atoms with Gasteiger partial charge in [0.05, 0.1) is 18.2 Å². The SMILES string of the molecule is CCN(CC)C(=O)CN1CCN(Cc2cc(C#N)ccc2F)CC1. The predicted octanol–water partition coefficient (Wildman–Crippen LogP) is 1.68. The number of hydrogen-bond acceptors (Lipinski definition) is 4. The van der Waals surface area contributed by atoms with E-state index in [1.54, 1.807) is 6.07 Å². The van der Waals surface area contributed by atoms with Crippen molar-refractivity contribution in [3.63, 3.8) is 0 Å². The van der Waals surface area contributed by atoms with E-state index in [0.717, 1.165) is 39.3 Å². The van der Waals surface area contributed by atoms with Gasteiger partial charge in [-0.1, -0.05) is 0 Å². The third-order valence-electron chi connectivity index (χ3n) is 4.51. The van der Waals surface area contributed by atoms with Gasteiger partial charge in [-0.25, -0.2) is 4.39 Å². The molecule has 24 heavy (non-hydrogen) atoms. The number of likely N-dealkylation sites (N-methyl/N-ethyl adjacent to an activating group) is 1. The minimum Gasteiger partial charge on any atom is -0.342 e. The third kappa shape index (κ3) is 4.76. The molecule has 5 nitrogen and oxygen atoms in total. The van der Waals surface area contributed by atoms with E-state index in [9.17, 15) is 9.18 Å². The molecule has 1 aromatic rings. The van der Waals surface area contributed by atoms with Crippen LogP contribution in [0.5, 0.6) is 0 Å². The Kier molecular flexibility index (Phi) is 6.71. The molecule has 0 aromatic heterocycles. The fraction of sp³-hybridized carbons (Fsp3) is 0.556. The Labute approximate surface area is 143 Å². The Morgan fingerprint density at radius 3 is 2.42 bits per heavy atom. The maximum atomic E-state index is 13.9. The molecule has 1 aromatic carbocycles. The summed E-state index contributed by atoms with van der Waals surface area (Å²) < 4.78 is 13.9. The first kappa shape index (κ1) is 18.4. The second-order valence-corrected chi connectivity index (χ2v) is 6.04. The van der Waals surface area contributed by atoms with Crippen LogP contribution in [0.25, 0.3) is 0 Å². The summed E-state index contributed by atoms with van der Waals surface area (Å²) in [5.41, 5.74) is 1.04. The van der Waals surface area contributed by atoms with E-state index in [2.05, 4.69) is 9.80 Å². The van der Waals surface area contributed by atoms with Crippen molar-refractivity contribution in [3.05, 3.63) is 35.1 Å². The molecule has 1 heterocycles. The molecular formula is C18H25FN4O. The van der Waals surface area contributed by atoms with Crippen molar-refractivity contribution in [1.82, 2.24) is 14.7 Å². The van der Waals surface area contributed by atoms with Crippen LogP contribution in [0.2, 0.25) is 0 Å². The van der Waals surface area contributed by atoms with Gasteiger partial charge < -0.3 is 4.90 Å². The first-order valence-electron chi connectivity index (χ1n) is 8.48. The maximum Gasteiger partial charge on any atom is 0.236 e. The largest absolute Gasteiger partial charge is 0.342 e. The zero-order chi connectivity index (χ0) is 17.5. The van der Waals surface area contributed by atoms with Gasteiger partial charge in [-0.05, 0) is 32.0 Å². The number of carbonyl (C=O) groups excluding carboxylic acids is 1. The molecular weight excluding hydrogens is 307 g/mol. The Bertz CT molecular complexity index is 602. The molecule has 2 rings (SSSR count). The fourth-order valence-corrected chi connectivity index (χ4v) is 2.98. The summed E-state index contributed by atoms with van der Waals surface area (Å²) in [4.78, 5) is 18.3. The summed E-state index contributed by atoms with van der Waals surface area (Å²) >= 11 is 0. The third-order valence-corrected chi connectivity index (χ3v) is 4.51. The molecule has 0 spiro atoms. The molecule has 0 atom stereocenters. The molecule has 1 aliphatic heterocycles. The number of nitriles is 1. The van der Waals surface area contributed by atoms with Crippen LogP contribution >= 0.6 is 0 Å². The second kappa shape index (κ2) is 8.76. The number of halogens is 1. The highest BCUT2D eigenvalue weighted by Gasteiger charge is 2.21. The number of carbonyl (C=O) groups is 1. The van der Waals surface area contributed by atoms with Gasteiger partial charge in [0.1, 0.15) is 5.82 Å². The van der Waals surface area contributed by atoms with Gasteiger partial charge in [0.2, 0.25) is 5.91 Å². The number of hydrogen-bond donors (Lipinski definition) is 0. The first-order valence-corrected chi connectivity index (χ1v) is 8.48. The summed E-state index contributed by atoms with van der Waals surface area (Å²) in [7, 11) is 0. The van der Waals surface area contributed by atoms with Crippen molar-refractivity contribution < 1.29 is 9.18 Å². The molecule has 1 amide bonds. The van der Waals surface area contributed by atoms with Gasteiger partial charge >= 0.3 is 0 Å². The molecule has 0 bridgehead atoms. The summed E-state index contributed by atoms with van der Waals surface area (Å²) in [6.07, 6.45) is 0. The van der Waals surface area contributed by atoms with Gasteiger partial charge in [-0.15, -0.1) is 0 Å². The van der Waals surface area contributed by atoms with Crippen LogP contribution in [-0.4, -0.2) is 66.4 Å². The smallest absolute Gasteiger partial charge is 0.236 e. The molecule has 130 valence electrons. The summed E-state index contributed by atoms with van der Waals surface area (Å²) in [5.74, 6) is -0.102. The summed E-state index contributed by atoms with van der Waals surface area (Å²) in [5, 5.41) is 8.93. The topological polar surface area (TPSA) is 50.6 Å². The number of amides is 1. The number of nitrogens with zero attached hydrogens (tertiary/aromatic N) is 4. The van der Waals surface area contributed by atoms with Crippen molar-refractivity contribution >= 4 is 5.91 Å². The first-order chi connectivity index (χ1) is 11.6. The van der Waals surface area contributed by atoms with Crippen molar-refractivity contribution in [1.29, 1.82) is 5.26 Å². The second-order valence-electron chi connectivity index (χ2n) is 6.04. The molecule has 0 N–H and O–H groups in total. The lowest BCUT2D eigenvalue weighted by Crippen LogP contribution is -2.49. The van der Waals surface area contributed by atoms with Crippen LogP contribution < -0.4 is 0 Å². The quantitative estimate of drug-likeness (QED) is 0.795. The minimum atomic E-state index is -0.270. The number of benzene rings is 1. The van der Waals surface area contributed by atoms with E-state index >= 15 is 0 Å². The zero-order valence-electron chi connectivity index (χ0n) is 14.5. The number of rotatable bonds is 6. The van der Waals surface area contributed by atoms with Crippen molar-refractivity contribution in [3.8, 4) is 6.07 Å². The molecule has 0 aliphatic carbocycles. The Hall–Kier alpha value is -1.97. The van der Waals surface area contributed by atoms with E-state index in [1.807, 2.05) is 24.8 Å². The molecule has 6 heteroatoms. The fourth-order valence-electron chi connectivity index (χ4n) is 2.98. The monoisotopic (exact) mass is 332 g/mol. The summed E-state index contributed by atoms with van der Waals surface area (Å²) in [6, 6.07) is 6.51. The van der Waals surface area contributed by atoms with Gasteiger partial charge in [0, 0.05) is 51.4 Å². The van der Waals surface area contributed by atoms with Crippen LogP contribution in [0.4, 0.5) is 4.39 Å². The van der Waals surface area contributed by atoms with Gasteiger partial charge in [0.15, 0.2) is 0 Å². The van der Waals surface area contributed by atoms with E-state index in [4.69, 9.17) is 5.26 Å². The van der Waals surface area contributed by atoms with Crippen LogP contribution in [0.15, 0.2) is 18.2 Å². The lowest BCUT2D eigenvalue weighted by molar-refractivity contribution is -0.132. The molecule has 1 aliphatic rings. The zero-order valence-corrected chi connectivity index (χ0v) is 14.5. The molecule has 0 saturated carbocycles. The van der Waals surface area contributed by atoms with Gasteiger partial charge in [-0.3, -0.25) is 14.6 Å². The highest BCUT2D eigenvalue weighted by atomic mass is 19.1. The van der Waals surface area contributed by atoms with Crippen LogP contribution in [0.3, 0.4) is 0 Å². The Morgan fingerprint density at radius 1 is 1.21 bits per heavy atom. The van der Waals surface area contributed by atoms with E-state index < -0.39 is 0 Å². The Morgan fingerprint density at radius 2 is 1.83 bits per heavy atom. The van der Waals surface area contributed by atoms with Crippen LogP contribution in [0, 0.1) is 17.1 Å². The normalized spacial score (nSPS) is 15.9. The van der Waals surface area contributed by atoms with Crippen molar-refractivity contribution in [2.45, 2.75) is 20.4 Å². The standard InChI is InChI=1S/C18H25FN4O/c1-3-23(4-2)18(24)14-22-9-7-21(8-10-22)13-16-11-15(12-20)5-6-17(16)19/h5-6,11H,3-4,7-10,13-14H2,1-2H3. The maximum absolute atomic E-state index is 13.9. The highest BCUT2D eigenvalue weighted by molar-refractivity contribution is 5.78. The number of piperazine rings is 1. The van der Waals surface area contributed by atoms with E-state index in [1.165, 1.54) is 12.1 Å². The minimum absolute atomic E-state index is 0.168. The molecule has 0 radical (unpaired) electrons. The van der Waals surface area contributed by atoms with Crippen LogP contribution in [-0.2, 0) is 11.3 Å². The lowest BCUT2D eigenvalue weighted by Gasteiger charge is -2.35. The van der Waals surface area contributed by atoms with E-state index in [-0.39, 0.29) is 11.7 Å². The average Bonchev–Trinajstić information content (AvgIpc) is 2.59. The van der Waals surface area contributed by atoms with Crippen molar-refractivity contribution in [2.75, 3.05) is 45.8 Å². The van der Waals surface area contributed by atoms with Gasteiger partial charge in [-0.2, -0.15) is 5.26 Å². The summed E-state index contributed by atoms with van der Waals surface area (Å²) in [6.45, 7) is 9.59. The average molecular weight is 332 g/mol. The van der Waals surface area contributed by atoms with E-state index in [0.29, 0.717) is 24.2 Å². The molecule has 1 saturated heterocycles. The van der Waals surface area contributed by atoms with Gasteiger partial charge in [0.25, 0.3) is 0 Å². The highest BCUT2D eigenvalue weighted by Crippen LogP contribution is 2.14. The molecule has 1 fully saturated rings. The lowest BCUT2D eigenvalue weighted by atomic mass is 10.1.